The predicted octanol–water partition coefficient (Wildman–Crippen LogP) is 4.76. The Morgan fingerprint density at radius 3 is 3.22 bits per heavy atom. The first-order valence-corrected chi connectivity index (χ1v) is 8.74. The first kappa shape index (κ1) is 12.8. The Bertz CT molecular complexity index is 435. The van der Waals surface area contributed by atoms with Crippen LogP contribution in [0.5, 0.6) is 0 Å². The number of hydrogen-bond acceptors (Lipinski definition) is 3. The first-order chi connectivity index (χ1) is 8.83. The lowest BCUT2D eigenvalue weighted by Gasteiger charge is -2.27. The minimum absolute atomic E-state index is 0.588. The third-order valence-electron chi connectivity index (χ3n) is 3.88. The summed E-state index contributed by atoms with van der Waals surface area (Å²) in [6.45, 7) is 3.49. The summed E-state index contributed by atoms with van der Waals surface area (Å²) < 4.78 is 1.53. The quantitative estimate of drug-likeness (QED) is 0.797. The van der Waals surface area contributed by atoms with E-state index in [1.807, 2.05) is 23.1 Å². The van der Waals surface area contributed by atoms with Gasteiger partial charge in [-0.15, -0.1) is 23.1 Å². The van der Waals surface area contributed by atoms with Gasteiger partial charge in [-0.1, -0.05) is 18.6 Å². The number of nitrogens with one attached hydrogen (secondary N) is 1. The number of thioether (sulfide) groups is 1. The summed E-state index contributed by atoms with van der Waals surface area (Å²) >= 11 is 3.95. The highest BCUT2D eigenvalue weighted by atomic mass is 32.2. The van der Waals surface area contributed by atoms with E-state index in [4.69, 9.17) is 0 Å². The standard InChI is InChI=1S/C15H21NS2/c1-11-10-14(13-7-9-17-15(13)18-11)16-8-6-12-4-2-3-5-12/h4,7,9,11,14,16H,2-3,5-6,8,10H2,1H3/t11-,14?/m0/s1. The molecule has 2 aliphatic rings. The van der Waals surface area contributed by atoms with Crippen LogP contribution >= 0.6 is 23.1 Å². The highest BCUT2D eigenvalue weighted by molar-refractivity contribution is 8.01. The summed E-state index contributed by atoms with van der Waals surface area (Å²) in [6.07, 6.45) is 8.98. The van der Waals surface area contributed by atoms with Gasteiger partial charge in [-0.05, 0) is 55.7 Å². The van der Waals surface area contributed by atoms with Crippen LogP contribution < -0.4 is 5.32 Å². The van der Waals surface area contributed by atoms with E-state index in [0.29, 0.717) is 6.04 Å². The monoisotopic (exact) mass is 279 g/mol. The van der Waals surface area contributed by atoms with Crippen LogP contribution in [0.2, 0.25) is 0 Å². The molecular weight excluding hydrogens is 258 g/mol. The predicted molar refractivity (Wildman–Crippen MR) is 81.5 cm³/mol. The van der Waals surface area contributed by atoms with Gasteiger partial charge < -0.3 is 5.32 Å². The summed E-state index contributed by atoms with van der Waals surface area (Å²) in [5, 5.41) is 6.76. The van der Waals surface area contributed by atoms with E-state index in [1.54, 1.807) is 11.1 Å². The molecule has 0 aromatic carbocycles. The molecule has 2 atom stereocenters. The zero-order chi connectivity index (χ0) is 12.4. The molecule has 0 saturated carbocycles. The van der Waals surface area contributed by atoms with Gasteiger partial charge in [0.25, 0.3) is 0 Å². The molecule has 0 saturated heterocycles. The Kier molecular flexibility index (Phi) is 4.12. The molecule has 0 bridgehead atoms. The fourth-order valence-corrected chi connectivity index (χ4v) is 5.48. The molecule has 1 aromatic heterocycles. The zero-order valence-electron chi connectivity index (χ0n) is 10.9. The first-order valence-electron chi connectivity index (χ1n) is 6.98. The molecule has 2 heterocycles. The lowest BCUT2D eigenvalue weighted by molar-refractivity contribution is 0.490. The minimum Gasteiger partial charge on any atom is -0.310 e. The molecule has 1 aliphatic heterocycles. The van der Waals surface area contributed by atoms with Gasteiger partial charge in [0.1, 0.15) is 0 Å². The van der Waals surface area contributed by atoms with Crippen molar-refractivity contribution < 1.29 is 0 Å². The minimum atomic E-state index is 0.588. The number of rotatable bonds is 4. The van der Waals surface area contributed by atoms with Crippen molar-refractivity contribution in [3.63, 3.8) is 0 Å². The highest BCUT2D eigenvalue weighted by Gasteiger charge is 2.25. The summed E-state index contributed by atoms with van der Waals surface area (Å²) in [4.78, 5) is 0. The molecule has 0 amide bonds. The summed E-state index contributed by atoms with van der Waals surface area (Å²) in [5.74, 6) is 0. The third kappa shape index (κ3) is 2.84. The molecule has 1 N–H and O–H groups in total. The van der Waals surface area contributed by atoms with Crippen LogP contribution in [0.25, 0.3) is 0 Å². The molecule has 3 heteroatoms. The van der Waals surface area contributed by atoms with Crippen LogP contribution in [0.3, 0.4) is 0 Å². The second-order valence-electron chi connectivity index (χ2n) is 5.34. The molecule has 1 aromatic rings. The van der Waals surface area contributed by atoms with Gasteiger partial charge >= 0.3 is 0 Å². The van der Waals surface area contributed by atoms with Crippen LogP contribution in [0.1, 0.15) is 50.6 Å². The van der Waals surface area contributed by atoms with Gasteiger partial charge in [0.05, 0.1) is 4.21 Å². The normalized spacial score (nSPS) is 27.1. The topological polar surface area (TPSA) is 12.0 Å². The number of fused-ring (bicyclic) bond motifs is 1. The number of allylic oxidation sites excluding steroid dienone is 1. The Morgan fingerprint density at radius 1 is 1.44 bits per heavy atom. The van der Waals surface area contributed by atoms with Crippen LogP contribution in [-0.2, 0) is 0 Å². The molecule has 1 aliphatic carbocycles. The average Bonchev–Trinajstić information content (AvgIpc) is 2.98. The molecule has 98 valence electrons. The van der Waals surface area contributed by atoms with Gasteiger partial charge in [-0.2, -0.15) is 0 Å². The van der Waals surface area contributed by atoms with Gasteiger partial charge in [-0.3, -0.25) is 0 Å². The molecule has 1 nitrogen and oxygen atoms in total. The maximum atomic E-state index is 3.77. The van der Waals surface area contributed by atoms with Crippen molar-refractivity contribution in [3.05, 3.63) is 28.7 Å². The van der Waals surface area contributed by atoms with Crippen LogP contribution in [0.15, 0.2) is 27.3 Å². The smallest absolute Gasteiger partial charge is 0.0649 e. The summed E-state index contributed by atoms with van der Waals surface area (Å²) in [7, 11) is 0. The molecule has 0 spiro atoms. The van der Waals surface area contributed by atoms with Crippen molar-refractivity contribution in [2.24, 2.45) is 0 Å². The Morgan fingerprint density at radius 2 is 2.39 bits per heavy atom. The lowest BCUT2D eigenvalue weighted by Crippen LogP contribution is -2.27. The maximum Gasteiger partial charge on any atom is 0.0649 e. The Hall–Kier alpha value is -0.250. The highest BCUT2D eigenvalue weighted by Crippen LogP contribution is 2.43. The van der Waals surface area contributed by atoms with Gasteiger partial charge in [0.2, 0.25) is 0 Å². The molecule has 1 unspecified atom stereocenters. The molecule has 0 radical (unpaired) electrons. The average molecular weight is 279 g/mol. The zero-order valence-corrected chi connectivity index (χ0v) is 12.6. The van der Waals surface area contributed by atoms with Crippen LogP contribution in [0.4, 0.5) is 0 Å². The van der Waals surface area contributed by atoms with E-state index < -0.39 is 0 Å². The van der Waals surface area contributed by atoms with Crippen molar-refractivity contribution in [1.82, 2.24) is 5.32 Å². The maximum absolute atomic E-state index is 3.77. The molecule has 0 fully saturated rings. The van der Waals surface area contributed by atoms with E-state index in [0.717, 1.165) is 11.8 Å². The Balaban J connectivity index is 1.56. The molecule has 3 rings (SSSR count). The van der Waals surface area contributed by atoms with Crippen molar-refractivity contribution in [3.8, 4) is 0 Å². The summed E-state index contributed by atoms with van der Waals surface area (Å²) in [6, 6.07) is 2.90. The van der Waals surface area contributed by atoms with Crippen molar-refractivity contribution in [1.29, 1.82) is 0 Å². The van der Waals surface area contributed by atoms with Crippen molar-refractivity contribution in [2.45, 2.75) is 54.5 Å². The number of thiophene rings is 1. The van der Waals surface area contributed by atoms with Crippen LogP contribution in [0, 0.1) is 0 Å². The van der Waals surface area contributed by atoms with Gasteiger partial charge in [0.15, 0.2) is 0 Å². The number of hydrogen-bond donors (Lipinski definition) is 1. The van der Waals surface area contributed by atoms with Gasteiger partial charge in [0, 0.05) is 11.3 Å². The van der Waals surface area contributed by atoms with Crippen LogP contribution in [-0.4, -0.2) is 11.8 Å². The third-order valence-corrected chi connectivity index (χ3v) is 6.23. The molecule has 18 heavy (non-hydrogen) atoms. The second kappa shape index (κ2) is 5.81. The van der Waals surface area contributed by atoms with Crippen molar-refractivity contribution >= 4 is 23.1 Å². The van der Waals surface area contributed by atoms with E-state index >= 15 is 0 Å². The van der Waals surface area contributed by atoms with E-state index in [2.05, 4.69) is 29.8 Å². The summed E-state index contributed by atoms with van der Waals surface area (Å²) in [5.41, 5.74) is 3.22. The largest absolute Gasteiger partial charge is 0.310 e. The SMILES string of the molecule is C[C@H]1CC(NCCC2=CCCC2)c2ccsc2S1. The second-order valence-corrected chi connectivity index (χ2v) is 7.96. The molecular formula is C15H21NS2. The van der Waals surface area contributed by atoms with E-state index in [-0.39, 0.29) is 0 Å². The van der Waals surface area contributed by atoms with Gasteiger partial charge in [-0.25, -0.2) is 0 Å². The van der Waals surface area contributed by atoms with E-state index in [9.17, 15) is 0 Å². The Labute approximate surface area is 118 Å². The van der Waals surface area contributed by atoms with Crippen molar-refractivity contribution in [2.75, 3.05) is 6.54 Å². The van der Waals surface area contributed by atoms with E-state index in [1.165, 1.54) is 36.3 Å². The lowest BCUT2D eigenvalue weighted by atomic mass is 10.0. The fraction of sp³-hybridized carbons (Fsp3) is 0.600. The fourth-order valence-electron chi connectivity index (χ4n) is 2.91.